The molecule has 82 valence electrons. The minimum Gasteiger partial charge on any atom is -0.493 e. The second kappa shape index (κ2) is 5.63. The Morgan fingerprint density at radius 1 is 1.47 bits per heavy atom. The van der Waals surface area contributed by atoms with E-state index in [0.29, 0.717) is 11.5 Å². The lowest BCUT2D eigenvalue weighted by molar-refractivity contribution is 0.343. The first-order valence-corrected chi connectivity index (χ1v) is 4.78. The zero-order valence-corrected chi connectivity index (χ0v) is 9.41. The first-order valence-electron chi connectivity index (χ1n) is 4.47. The third kappa shape index (κ3) is 2.88. The molecular weight excluding hydrogens is 216 g/mol. The number of hydrogen-bond donors (Lipinski definition) is 1. The minimum absolute atomic E-state index is 0.00905. The van der Waals surface area contributed by atoms with Crippen LogP contribution in [0.3, 0.4) is 0 Å². The third-order valence-electron chi connectivity index (χ3n) is 1.98. The van der Waals surface area contributed by atoms with Crippen LogP contribution in [0, 0.1) is 6.92 Å². The Morgan fingerprint density at radius 3 is 2.73 bits per heavy atom. The van der Waals surface area contributed by atoms with E-state index in [1.54, 1.807) is 25.3 Å². The summed E-state index contributed by atoms with van der Waals surface area (Å²) in [5.41, 5.74) is 1.80. The first-order chi connectivity index (χ1) is 7.22. The van der Waals surface area contributed by atoms with Crippen molar-refractivity contribution < 1.29 is 14.1 Å². The van der Waals surface area contributed by atoms with Crippen molar-refractivity contribution in [3.8, 4) is 11.5 Å². The predicted molar refractivity (Wildman–Crippen MR) is 60.3 cm³/mol. The number of hydrogen-bond acceptors (Lipinski definition) is 3. The van der Waals surface area contributed by atoms with Gasteiger partial charge in [0.15, 0.2) is 11.5 Å². The smallest absolute Gasteiger partial charge is 0.191 e. The molecular formula is C11H13ClO3. The van der Waals surface area contributed by atoms with Gasteiger partial charge < -0.3 is 14.1 Å². The highest BCUT2D eigenvalue weighted by molar-refractivity contribution is 6.09. The van der Waals surface area contributed by atoms with E-state index >= 15 is 0 Å². The molecule has 0 aromatic heterocycles. The maximum Gasteiger partial charge on any atom is 0.191 e. The molecule has 0 radical (unpaired) electrons. The Morgan fingerprint density at radius 2 is 2.20 bits per heavy atom. The summed E-state index contributed by atoms with van der Waals surface area (Å²) in [6.07, 6.45) is 3.45. The fourth-order valence-corrected chi connectivity index (χ4v) is 1.50. The molecule has 0 aliphatic carbocycles. The summed E-state index contributed by atoms with van der Waals surface area (Å²) in [6.45, 7) is 1.88. The van der Waals surface area contributed by atoms with Crippen molar-refractivity contribution in [2.24, 2.45) is 0 Å². The first kappa shape index (κ1) is 11.9. The normalized spacial score (nSPS) is 10.7. The van der Waals surface area contributed by atoms with Gasteiger partial charge in [0.25, 0.3) is 0 Å². The van der Waals surface area contributed by atoms with E-state index in [-0.39, 0.29) is 6.61 Å². The van der Waals surface area contributed by atoms with Gasteiger partial charge in [0.2, 0.25) is 0 Å². The van der Waals surface area contributed by atoms with Crippen molar-refractivity contribution >= 4 is 17.9 Å². The van der Waals surface area contributed by atoms with Crippen LogP contribution >= 0.6 is 11.9 Å². The lowest BCUT2D eigenvalue weighted by Crippen LogP contribution is -1.91. The second-order valence-corrected chi connectivity index (χ2v) is 3.19. The molecule has 0 aliphatic heterocycles. The van der Waals surface area contributed by atoms with Crippen LogP contribution in [-0.4, -0.2) is 18.8 Å². The van der Waals surface area contributed by atoms with Gasteiger partial charge in [-0.15, -0.1) is 0 Å². The molecule has 0 fully saturated rings. The number of benzene rings is 1. The number of aryl methyl sites for hydroxylation is 1. The lowest BCUT2D eigenvalue weighted by atomic mass is 10.1. The van der Waals surface area contributed by atoms with Crippen molar-refractivity contribution in [1.29, 1.82) is 0 Å². The molecule has 0 spiro atoms. The summed E-state index contributed by atoms with van der Waals surface area (Å²) in [5.74, 6) is 1.09. The van der Waals surface area contributed by atoms with Crippen LogP contribution in [0.1, 0.15) is 11.1 Å². The minimum atomic E-state index is 0.00905. The van der Waals surface area contributed by atoms with E-state index in [4.69, 9.17) is 26.0 Å². The fourth-order valence-electron chi connectivity index (χ4n) is 1.30. The predicted octanol–water partition coefficient (Wildman–Crippen LogP) is 2.54. The van der Waals surface area contributed by atoms with Gasteiger partial charge in [0.05, 0.1) is 13.7 Å². The molecule has 3 nitrogen and oxygen atoms in total. The van der Waals surface area contributed by atoms with Gasteiger partial charge in [0.1, 0.15) is 11.9 Å². The van der Waals surface area contributed by atoms with Gasteiger partial charge in [-0.25, -0.2) is 0 Å². The highest BCUT2D eigenvalue weighted by Gasteiger charge is 2.08. The summed E-state index contributed by atoms with van der Waals surface area (Å²) < 4.78 is 9.83. The molecule has 0 saturated carbocycles. The molecule has 4 heteroatoms. The molecule has 0 saturated heterocycles. The van der Waals surface area contributed by atoms with Crippen molar-refractivity contribution in [1.82, 2.24) is 0 Å². The van der Waals surface area contributed by atoms with E-state index in [1.807, 2.05) is 13.0 Å². The molecule has 1 rings (SSSR count). The standard InChI is InChI=1S/C11H13ClO3/c1-8-6-9(4-3-5-13)7-10(14-2)11(8)15-12/h3-4,6-7,13H,5H2,1-2H3/b4-3+. The number of ether oxygens (including phenoxy) is 1. The zero-order chi connectivity index (χ0) is 11.3. The van der Waals surface area contributed by atoms with E-state index < -0.39 is 0 Å². The maximum atomic E-state index is 8.66. The number of methoxy groups -OCH3 is 1. The highest BCUT2D eigenvalue weighted by atomic mass is 35.5. The summed E-state index contributed by atoms with van der Waals surface area (Å²) >= 11 is 5.33. The van der Waals surface area contributed by atoms with Crippen molar-refractivity contribution in [2.75, 3.05) is 13.7 Å². The molecule has 0 amide bonds. The SMILES string of the molecule is COc1cc(/C=C/CO)cc(C)c1OCl. The molecule has 1 aromatic rings. The molecule has 0 unspecified atom stereocenters. The van der Waals surface area contributed by atoms with Crippen LogP contribution in [-0.2, 0) is 0 Å². The zero-order valence-electron chi connectivity index (χ0n) is 8.66. The quantitative estimate of drug-likeness (QED) is 0.861. The molecule has 0 bridgehead atoms. The van der Waals surface area contributed by atoms with Crippen LogP contribution in [0.25, 0.3) is 6.08 Å². The number of halogens is 1. The van der Waals surface area contributed by atoms with Crippen molar-refractivity contribution in [3.05, 3.63) is 29.3 Å². The van der Waals surface area contributed by atoms with Crippen LogP contribution < -0.4 is 9.03 Å². The molecule has 0 aliphatic rings. The second-order valence-electron chi connectivity index (χ2n) is 3.03. The molecule has 1 aromatic carbocycles. The largest absolute Gasteiger partial charge is 0.493 e. The van der Waals surface area contributed by atoms with Gasteiger partial charge in [-0.2, -0.15) is 0 Å². The van der Waals surface area contributed by atoms with Gasteiger partial charge >= 0.3 is 0 Å². The van der Waals surface area contributed by atoms with Gasteiger partial charge in [0, 0.05) is 0 Å². The molecule has 15 heavy (non-hydrogen) atoms. The Kier molecular flexibility index (Phi) is 4.46. The monoisotopic (exact) mass is 228 g/mol. The maximum absolute atomic E-state index is 8.66. The van der Waals surface area contributed by atoms with Gasteiger partial charge in [-0.05, 0) is 30.2 Å². The average molecular weight is 229 g/mol. The number of rotatable bonds is 4. The van der Waals surface area contributed by atoms with Crippen LogP contribution in [0.15, 0.2) is 18.2 Å². The summed E-state index contributed by atoms with van der Waals surface area (Å²) in [4.78, 5) is 0. The topological polar surface area (TPSA) is 38.7 Å². The molecule has 0 heterocycles. The van der Waals surface area contributed by atoms with Crippen LogP contribution in [0.5, 0.6) is 11.5 Å². The highest BCUT2D eigenvalue weighted by Crippen LogP contribution is 2.33. The van der Waals surface area contributed by atoms with E-state index in [9.17, 15) is 0 Å². The summed E-state index contributed by atoms with van der Waals surface area (Å²) in [6, 6.07) is 3.68. The van der Waals surface area contributed by atoms with Crippen molar-refractivity contribution in [2.45, 2.75) is 6.92 Å². The van der Waals surface area contributed by atoms with Gasteiger partial charge in [-0.3, -0.25) is 0 Å². The Labute approximate surface area is 94.1 Å². The molecule has 0 atom stereocenters. The molecule has 1 N–H and O–H groups in total. The number of aliphatic hydroxyl groups is 1. The van der Waals surface area contributed by atoms with E-state index in [0.717, 1.165) is 11.1 Å². The Bertz CT molecular complexity index is 361. The Balaban J connectivity index is 3.13. The van der Waals surface area contributed by atoms with E-state index in [2.05, 4.69) is 0 Å². The van der Waals surface area contributed by atoms with Crippen molar-refractivity contribution in [3.63, 3.8) is 0 Å². The van der Waals surface area contributed by atoms with Crippen LogP contribution in [0.2, 0.25) is 0 Å². The lowest BCUT2D eigenvalue weighted by Gasteiger charge is -2.09. The summed E-state index contributed by atoms with van der Waals surface area (Å²) in [5, 5.41) is 8.66. The van der Waals surface area contributed by atoms with Crippen LogP contribution in [0.4, 0.5) is 0 Å². The Hall–Kier alpha value is -1.19. The van der Waals surface area contributed by atoms with E-state index in [1.165, 1.54) is 0 Å². The number of aliphatic hydroxyl groups excluding tert-OH is 1. The average Bonchev–Trinajstić information content (AvgIpc) is 2.25. The fraction of sp³-hybridized carbons (Fsp3) is 0.273. The third-order valence-corrected chi connectivity index (χ3v) is 2.13. The van der Waals surface area contributed by atoms with Gasteiger partial charge in [-0.1, -0.05) is 12.2 Å². The summed E-state index contributed by atoms with van der Waals surface area (Å²) in [7, 11) is 1.55.